The van der Waals surface area contributed by atoms with Gasteiger partial charge in [0, 0.05) is 30.0 Å². The zero-order valence-corrected chi connectivity index (χ0v) is 11.1. The van der Waals surface area contributed by atoms with Gasteiger partial charge in [-0.2, -0.15) is 0 Å². The molecule has 0 aliphatic rings. The predicted molar refractivity (Wildman–Crippen MR) is 73.8 cm³/mol. The highest BCUT2D eigenvalue weighted by Crippen LogP contribution is 2.15. The number of aromatic nitrogens is 1. The normalized spacial score (nSPS) is 13.1. The molecular formula is C13H18N2OS. The third-order valence-electron chi connectivity index (χ3n) is 3.05. The van der Waals surface area contributed by atoms with Crippen molar-refractivity contribution in [3.05, 3.63) is 34.1 Å². The first kappa shape index (κ1) is 12.3. The molecule has 1 N–H and O–H groups in total. The molecule has 0 saturated heterocycles. The molecule has 0 spiro atoms. The molecule has 0 amide bonds. The van der Waals surface area contributed by atoms with Gasteiger partial charge in [0.1, 0.15) is 0 Å². The number of fused-ring (bicyclic) bond motifs is 1. The molecule has 0 radical (unpaired) electrons. The van der Waals surface area contributed by atoms with Crippen molar-refractivity contribution in [1.29, 1.82) is 0 Å². The van der Waals surface area contributed by atoms with E-state index in [1.807, 2.05) is 23.7 Å². The second-order valence-electron chi connectivity index (χ2n) is 4.28. The Kier molecular flexibility index (Phi) is 3.97. The van der Waals surface area contributed by atoms with Crippen LogP contribution in [0.4, 0.5) is 0 Å². The van der Waals surface area contributed by atoms with Gasteiger partial charge in [-0.1, -0.05) is 6.92 Å². The van der Waals surface area contributed by atoms with E-state index in [0.29, 0.717) is 6.04 Å². The van der Waals surface area contributed by atoms with Gasteiger partial charge in [-0.05, 0) is 30.9 Å². The molecule has 0 bridgehead atoms. The molecule has 1 unspecified atom stereocenters. The van der Waals surface area contributed by atoms with Crippen molar-refractivity contribution in [3.8, 4) is 0 Å². The maximum atomic E-state index is 12.1. The lowest BCUT2D eigenvalue weighted by atomic mass is 10.2. The van der Waals surface area contributed by atoms with Crippen LogP contribution in [0.5, 0.6) is 0 Å². The number of hydrogen-bond donors (Lipinski definition) is 1. The van der Waals surface area contributed by atoms with Crippen LogP contribution in [0.2, 0.25) is 0 Å². The third kappa shape index (κ3) is 2.76. The Bertz CT molecular complexity index is 544. The first-order valence-corrected chi connectivity index (χ1v) is 6.90. The van der Waals surface area contributed by atoms with Gasteiger partial charge in [0.15, 0.2) is 0 Å². The van der Waals surface area contributed by atoms with Gasteiger partial charge in [-0.15, -0.1) is 11.3 Å². The molecule has 17 heavy (non-hydrogen) atoms. The number of nitrogens with zero attached hydrogens (tertiary/aromatic N) is 1. The fourth-order valence-electron chi connectivity index (χ4n) is 1.76. The summed E-state index contributed by atoms with van der Waals surface area (Å²) < 4.78 is 2.85. The quantitative estimate of drug-likeness (QED) is 0.884. The lowest BCUT2D eigenvalue weighted by Gasteiger charge is -2.12. The first-order chi connectivity index (χ1) is 8.22. The Labute approximate surface area is 105 Å². The third-order valence-corrected chi connectivity index (χ3v) is 3.93. The van der Waals surface area contributed by atoms with E-state index < -0.39 is 0 Å². The van der Waals surface area contributed by atoms with E-state index in [1.54, 1.807) is 15.9 Å². The molecule has 92 valence electrons. The first-order valence-electron chi connectivity index (χ1n) is 6.02. The SMILES string of the molecule is CCC(C)NCCn1ccc2sccc2c1=O. The zero-order valence-electron chi connectivity index (χ0n) is 10.3. The summed E-state index contributed by atoms with van der Waals surface area (Å²) in [6.45, 7) is 5.88. The van der Waals surface area contributed by atoms with Gasteiger partial charge in [-0.25, -0.2) is 0 Å². The van der Waals surface area contributed by atoms with Crippen LogP contribution in [0.25, 0.3) is 10.1 Å². The average Bonchev–Trinajstić information content (AvgIpc) is 2.81. The Hall–Kier alpha value is -1.13. The molecule has 0 aliphatic heterocycles. The Morgan fingerprint density at radius 1 is 1.47 bits per heavy atom. The molecule has 0 fully saturated rings. The standard InChI is InChI=1S/C13H18N2OS/c1-3-10(2)14-6-8-15-7-4-12-11(13(15)16)5-9-17-12/h4-5,7,9-10,14H,3,6,8H2,1-2H3. The number of thiophene rings is 1. The van der Waals surface area contributed by atoms with Gasteiger partial charge in [0.25, 0.3) is 5.56 Å². The highest BCUT2D eigenvalue weighted by molar-refractivity contribution is 7.17. The fourth-order valence-corrected chi connectivity index (χ4v) is 2.53. The monoisotopic (exact) mass is 250 g/mol. The Morgan fingerprint density at radius 2 is 2.29 bits per heavy atom. The minimum absolute atomic E-state index is 0.120. The fraction of sp³-hybridized carbons (Fsp3) is 0.462. The van der Waals surface area contributed by atoms with E-state index in [-0.39, 0.29) is 5.56 Å². The van der Waals surface area contributed by atoms with Gasteiger partial charge >= 0.3 is 0 Å². The molecule has 2 rings (SSSR count). The van der Waals surface area contributed by atoms with Crippen molar-refractivity contribution < 1.29 is 0 Å². The molecule has 0 aliphatic carbocycles. The van der Waals surface area contributed by atoms with Gasteiger partial charge in [-0.3, -0.25) is 4.79 Å². The van der Waals surface area contributed by atoms with Crippen LogP contribution in [-0.4, -0.2) is 17.2 Å². The summed E-state index contributed by atoms with van der Waals surface area (Å²) in [4.78, 5) is 12.1. The summed E-state index contributed by atoms with van der Waals surface area (Å²) in [6, 6.07) is 4.43. The maximum absolute atomic E-state index is 12.1. The molecule has 3 nitrogen and oxygen atoms in total. The van der Waals surface area contributed by atoms with Gasteiger partial charge in [0.05, 0.1) is 5.39 Å². The van der Waals surface area contributed by atoms with Gasteiger partial charge < -0.3 is 9.88 Å². The topological polar surface area (TPSA) is 34.0 Å². The summed E-state index contributed by atoms with van der Waals surface area (Å²) in [5, 5.41) is 6.19. The van der Waals surface area contributed by atoms with Crippen LogP contribution >= 0.6 is 11.3 Å². The maximum Gasteiger partial charge on any atom is 0.259 e. The van der Waals surface area contributed by atoms with Crippen molar-refractivity contribution in [2.24, 2.45) is 0 Å². The smallest absolute Gasteiger partial charge is 0.259 e. The van der Waals surface area contributed by atoms with E-state index in [1.165, 1.54) is 0 Å². The second kappa shape index (κ2) is 5.47. The van der Waals surface area contributed by atoms with E-state index in [2.05, 4.69) is 19.2 Å². The minimum Gasteiger partial charge on any atom is -0.314 e. The molecule has 2 heterocycles. The largest absolute Gasteiger partial charge is 0.314 e. The summed E-state index contributed by atoms with van der Waals surface area (Å²) in [7, 11) is 0. The van der Waals surface area contributed by atoms with E-state index in [9.17, 15) is 4.79 Å². The van der Waals surface area contributed by atoms with Crippen molar-refractivity contribution in [2.75, 3.05) is 6.54 Å². The van der Waals surface area contributed by atoms with Crippen molar-refractivity contribution in [2.45, 2.75) is 32.9 Å². The summed E-state index contributed by atoms with van der Waals surface area (Å²) >= 11 is 1.61. The highest BCUT2D eigenvalue weighted by Gasteiger charge is 2.03. The molecule has 1 atom stereocenters. The summed E-state index contributed by atoms with van der Waals surface area (Å²) in [5.74, 6) is 0. The molecule has 2 aromatic heterocycles. The predicted octanol–water partition coefficient (Wildman–Crippen LogP) is 2.45. The van der Waals surface area contributed by atoms with Crippen LogP contribution in [0.1, 0.15) is 20.3 Å². The lowest BCUT2D eigenvalue weighted by molar-refractivity contribution is 0.501. The van der Waals surface area contributed by atoms with Gasteiger partial charge in [0.2, 0.25) is 0 Å². The average molecular weight is 250 g/mol. The summed E-state index contributed by atoms with van der Waals surface area (Å²) in [5.41, 5.74) is 0.120. The van der Waals surface area contributed by atoms with Crippen LogP contribution in [0.15, 0.2) is 28.5 Å². The Morgan fingerprint density at radius 3 is 3.06 bits per heavy atom. The van der Waals surface area contributed by atoms with E-state index in [4.69, 9.17) is 0 Å². The molecular weight excluding hydrogens is 232 g/mol. The summed E-state index contributed by atoms with van der Waals surface area (Å²) in [6.07, 6.45) is 3.00. The van der Waals surface area contributed by atoms with Crippen LogP contribution in [-0.2, 0) is 6.54 Å². The van der Waals surface area contributed by atoms with Crippen molar-refractivity contribution in [1.82, 2.24) is 9.88 Å². The molecule has 0 aromatic carbocycles. The van der Waals surface area contributed by atoms with Crippen LogP contribution in [0.3, 0.4) is 0 Å². The van der Waals surface area contributed by atoms with E-state index in [0.717, 1.165) is 29.6 Å². The van der Waals surface area contributed by atoms with Crippen molar-refractivity contribution >= 4 is 21.4 Å². The molecule has 4 heteroatoms. The minimum atomic E-state index is 0.120. The van der Waals surface area contributed by atoms with E-state index >= 15 is 0 Å². The molecule has 2 aromatic rings. The van der Waals surface area contributed by atoms with Crippen LogP contribution in [0, 0.1) is 0 Å². The number of nitrogens with one attached hydrogen (secondary N) is 1. The number of rotatable bonds is 5. The zero-order chi connectivity index (χ0) is 12.3. The number of hydrogen-bond acceptors (Lipinski definition) is 3. The molecule has 0 saturated carbocycles. The Balaban J connectivity index is 2.08. The highest BCUT2D eigenvalue weighted by atomic mass is 32.1. The van der Waals surface area contributed by atoms with Crippen LogP contribution < -0.4 is 10.9 Å². The lowest BCUT2D eigenvalue weighted by Crippen LogP contribution is -2.31. The second-order valence-corrected chi connectivity index (χ2v) is 5.22. The van der Waals surface area contributed by atoms with Crippen molar-refractivity contribution in [3.63, 3.8) is 0 Å². The number of pyridine rings is 1.